The Hall–Kier alpha value is -1.98. The molecule has 0 atom stereocenters. The largest absolute Gasteiger partial charge is 0.397 e. The van der Waals surface area contributed by atoms with E-state index in [0.717, 1.165) is 0 Å². The fourth-order valence-electron chi connectivity index (χ4n) is 0.869. The Kier molecular flexibility index (Phi) is 2.53. The molecule has 0 aromatic heterocycles. The number of nitrogens with zero attached hydrogens (tertiary/aromatic N) is 3. The topological polar surface area (TPSA) is 86.0 Å². The van der Waals surface area contributed by atoms with Crippen LogP contribution in [0, 0.1) is 22.7 Å². The summed E-state index contributed by atoms with van der Waals surface area (Å²) in [5.74, 6) is 0. The summed E-state index contributed by atoms with van der Waals surface area (Å²) >= 11 is 4.45. The van der Waals surface area contributed by atoms with Crippen molar-refractivity contribution < 1.29 is 0 Å². The Morgan fingerprint density at radius 2 is 1.77 bits per heavy atom. The quantitative estimate of drug-likeness (QED) is 0.674. The number of nitrogens with two attached hydrogens (primary N) is 1. The average Bonchev–Trinajstić information content (AvgIpc) is 2.17. The molecule has 0 fully saturated rings. The van der Waals surface area contributed by atoms with Gasteiger partial charge in [0.05, 0.1) is 16.8 Å². The lowest BCUT2D eigenvalue weighted by Crippen LogP contribution is -1.90. The van der Waals surface area contributed by atoms with Crippen molar-refractivity contribution in [1.29, 1.82) is 10.5 Å². The second kappa shape index (κ2) is 3.61. The third-order valence-electron chi connectivity index (χ3n) is 1.51. The zero-order chi connectivity index (χ0) is 9.84. The minimum Gasteiger partial charge on any atom is -0.397 e. The molecule has 0 heterocycles. The Morgan fingerprint density at radius 3 is 2.23 bits per heavy atom. The smallest absolute Gasteiger partial charge is 0.101 e. The van der Waals surface area contributed by atoms with Crippen LogP contribution < -0.4 is 5.73 Å². The lowest BCUT2D eigenvalue weighted by Gasteiger charge is -1.99. The Morgan fingerprint density at radius 1 is 1.23 bits per heavy atom. The first-order valence-electron chi connectivity index (χ1n) is 3.30. The molecule has 0 spiro atoms. The molecule has 0 aliphatic heterocycles. The van der Waals surface area contributed by atoms with Gasteiger partial charge >= 0.3 is 0 Å². The normalized spacial score (nSPS) is 8.46. The molecule has 1 aromatic rings. The van der Waals surface area contributed by atoms with Crippen LogP contribution in [0.5, 0.6) is 0 Å². The first-order chi connectivity index (χ1) is 6.22. The first kappa shape index (κ1) is 9.11. The fourth-order valence-corrected chi connectivity index (χ4v) is 1.03. The highest BCUT2D eigenvalue weighted by Gasteiger charge is 2.06. The highest BCUT2D eigenvalue weighted by atomic mass is 32.1. The number of rotatable bonds is 1. The first-order valence-corrected chi connectivity index (χ1v) is 3.66. The van der Waals surface area contributed by atoms with Gasteiger partial charge in [-0.2, -0.15) is 14.9 Å². The molecule has 0 radical (unpaired) electrons. The zero-order valence-electron chi connectivity index (χ0n) is 6.48. The van der Waals surface area contributed by atoms with Crippen LogP contribution >= 0.6 is 0 Å². The third kappa shape index (κ3) is 1.61. The molecule has 0 saturated carbocycles. The van der Waals surface area contributed by atoms with Crippen LogP contribution in [-0.4, -0.2) is 0 Å². The van der Waals surface area contributed by atoms with Gasteiger partial charge in [-0.15, -0.1) is 0 Å². The van der Waals surface area contributed by atoms with Crippen molar-refractivity contribution in [2.24, 2.45) is 4.36 Å². The van der Waals surface area contributed by atoms with Gasteiger partial charge in [-0.3, -0.25) is 0 Å². The summed E-state index contributed by atoms with van der Waals surface area (Å²) in [6.07, 6.45) is 0. The molecular formula is C8H4N4S. The van der Waals surface area contributed by atoms with Crippen LogP contribution in [0.4, 0.5) is 11.4 Å². The summed E-state index contributed by atoms with van der Waals surface area (Å²) in [5, 5.41) is 17.3. The standard InChI is InChI=1S/C8H4N4S/c9-3-5-1-7(11)8(12-13)2-6(5)4-10/h1-2H,11H2. The van der Waals surface area contributed by atoms with Crippen molar-refractivity contribution in [1.82, 2.24) is 0 Å². The second-order valence-corrected chi connectivity index (χ2v) is 2.45. The Labute approximate surface area is 80.4 Å². The van der Waals surface area contributed by atoms with E-state index in [1.165, 1.54) is 12.1 Å². The van der Waals surface area contributed by atoms with Crippen molar-refractivity contribution in [3.05, 3.63) is 23.3 Å². The summed E-state index contributed by atoms with van der Waals surface area (Å²) in [5.41, 5.74) is 6.65. The van der Waals surface area contributed by atoms with E-state index in [0.29, 0.717) is 11.4 Å². The number of benzene rings is 1. The monoisotopic (exact) mass is 188 g/mol. The molecule has 0 unspecified atom stereocenters. The van der Waals surface area contributed by atoms with Gasteiger partial charge in [0, 0.05) is 12.4 Å². The van der Waals surface area contributed by atoms with Crippen LogP contribution in [0.2, 0.25) is 0 Å². The van der Waals surface area contributed by atoms with Crippen LogP contribution in [0.25, 0.3) is 0 Å². The lowest BCUT2D eigenvalue weighted by molar-refractivity contribution is 1.42. The van der Waals surface area contributed by atoms with Gasteiger partial charge in [-0.05, 0) is 12.1 Å². The van der Waals surface area contributed by atoms with E-state index in [1.54, 1.807) is 0 Å². The zero-order valence-corrected chi connectivity index (χ0v) is 7.30. The second-order valence-electron chi connectivity index (χ2n) is 2.27. The van der Waals surface area contributed by atoms with E-state index < -0.39 is 0 Å². The SMILES string of the molecule is N#Cc1cc(N)c(N=S)cc1C#N. The van der Waals surface area contributed by atoms with Crippen molar-refractivity contribution in [2.75, 3.05) is 5.73 Å². The summed E-state index contributed by atoms with van der Waals surface area (Å²) in [6, 6.07) is 6.52. The molecule has 5 heteroatoms. The van der Waals surface area contributed by atoms with Crippen LogP contribution in [0.1, 0.15) is 11.1 Å². The molecule has 1 aromatic carbocycles. The van der Waals surface area contributed by atoms with E-state index in [4.69, 9.17) is 16.3 Å². The number of nitriles is 2. The predicted molar refractivity (Wildman–Crippen MR) is 49.7 cm³/mol. The minimum absolute atomic E-state index is 0.236. The van der Waals surface area contributed by atoms with Crippen LogP contribution in [-0.2, 0) is 12.4 Å². The maximum absolute atomic E-state index is 8.64. The van der Waals surface area contributed by atoms with Gasteiger partial charge in [0.1, 0.15) is 17.8 Å². The number of hydrogen-bond acceptors (Lipinski definition) is 5. The summed E-state index contributed by atoms with van der Waals surface area (Å²) in [6.45, 7) is 0. The molecule has 2 N–H and O–H groups in total. The third-order valence-corrected chi connectivity index (χ3v) is 1.70. The van der Waals surface area contributed by atoms with Gasteiger partial charge in [0.15, 0.2) is 0 Å². The van der Waals surface area contributed by atoms with Crippen molar-refractivity contribution in [3.8, 4) is 12.1 Å². The van der Waals surface area contributed by atoms with E-state index in [2.05, 4.69) is 16.8 Å². The summed E-state index contributed by atoms with van der Waals surface area (Å²) < 4.78 is 3.45. The molecule has 0 amide bonds. The summed E-state index contributed by atoms with van der Waals surface area (Å²) in [7, 11) is 0. The van der Waals surface area contributed by atoms with Gasteiger partial charge in [0.25, 0.3) is 0 Å². The highest BCUT2D eigenvalue weighted by Crippen LogP contribution is 2.25. The van der Waals surface area contributed by atoms with E-state index in [1.807, 2.05) is 12.1 Å². The van der Waals surface area contributed by atoms with Gasteiger partial charge < -0.3 is 5.73 Å². The minimum atomic E-state index is 0.236. The molecular weight excluding hydrogens is 184 g/mol. The molecule has 0 saturated heterocycles. The molecule has 0 aliphatic rings. The Bertz CT molecular complexity index is 439. The van der Waals surface area contributed by atoms with Crippen LogP contribution in [0.15, 0.2) is 16.5 Å². The molecule has 4 nitrogen and oxygen atoms in total. The number of nitrogen functional groups attached to an aromatic ring is 1. The van der Waals surface area contributed by atoms with E-state index in [9.17, 15) is 0 Å². The predicted octanol–water partition coefficient (Wildman–Crippen LogP) is 1.37. The van der Waals surface area contributed by atoms with Crippen molar-refractivity contribution in [3.63, 3.8) is 0 Å². The molecule has 1 rings (SSSR count). The van der Waals surface area contributed by atoms with E-state index >= 15 is 0 Å². The van der Waals surface area contributed by atoms with Gasteiger partial charge in [-0.1, -0.05) is 0 Å². The van der Waals surface area contributed by atoms with Crippen molar-refractivity contribution in [2.45, 2.75) is 0 Å². The summed E-state index contributed by atoms with van der Waals surface area (Å²) in [4.78, 5) is 0. The molecule has 0 aliphatic carbocycles. The number of hydrogen-bond donors (Lipinski definition) is 1. The van der Waals surface area contributed by atoms with E-state index in [-0.39, 0.29) is 11.1 Å². The molecule has 0 bridgehead atoms. The van der Waals surface area contributed by atoms with Crippen LogP contribution in [0.3, 0.4) is 0 Å². The maximum Gasteiger partial charge on any atom is 0.101 e. The lowest BCUT2D eigenvalue weighted by atomic mass is 10.1. The number of anilines is 1. The maximum atomic E-state index is 8.64. The average molecular weight is 188 g/mol. The highest BCUT2D eigenvalue weighted by molar-refractivity contribution is 7.47. The molecule has 13 heavy (non-hydrogen) atoms. The van der Waals surface area contributed by atoms with Crippen molar-refractivity contribution >= 4 is 23.8 Å². The fraction of sp³-hybridized carbons (Fsp3) is 0. The van der Waals surface area contributed by atoms with Gasteiger partial charge in [-0.25, -0.2) is 0 Å². The molecule has 62 valence electrons. The van der Waals surface area contributed by atoms with Gasteiger partial charge in [0.2, 0.25) is 0 Å². The Balaban J connectivity index is 3.48.